The number of sulfonamides is 1. The third-order valence-electron chi connectivity index (χ3n) is 9.08. The number of hydrogen-bond donors (Lipinski definition) is 2. The number of hydrogen-bond acceptors (Lipinski definition) is 8. The van der Waals surface area contributed by atoms with E-state index in [-0.39, 0.29) is 47.3 Å². The number of para-hydroxylation sites is 1. The molecule has 3 aliphatic heterocycles. The maximum absolute atomic E-state index is 13.5. The molecule has 4 atom stereocenters. The van der Waals surface area contributed by atoms with E-state index >= 15 is 0 Å². The third-order valence-corrected chi connectivity index (χ3v) is 10.4. The Balaban J connectivity index is 1.24. The van der Waals surface area contributed by atoms with Gasteiger partial charge in [0.2, 0.25) is 10.0 Å². The summed E-state index contributed by atoms with van der Waals surface area (Å²) in [6.07, 6.45) is 3.86. The number of piperazine rings is 1. The second kappa shape index (κ2) is 12.9. The molecule has 4 heterocycles. The zero-order chi connectivity index (χ0) is 30.9. The minimum Gasteiger partial charge on any atom is -0.444 e. The average Bonchev–Trinajstić information content (AvgIpc) is 3.18. The van der Waals surface area contributed by atoms with E-state index < -0.39 is 16.1 Å². The van der Waals surface area contributed by atoms with Gasteiger partial charge in [-0.15, -0.1) is 0 Å². The molecule has 0 radical (unpaired) electrons. The maximum Gasteiger partial charge on any atom is 0.407 e. The first kappa shape index (κ1) is 31.4. The fourth-order valence-corrected chi connectivity index (χ4v) is 7.85. The van der Waals surface area contributed by atoms with Crippen molar-refractivity contribution >= 4 is 32.9 Å². The summed E-state index contributed by atoms with van der Waals surface area (Å²) >= 11 is 0. The number of benzene rings is 1. The molecule has 12 nitrogen and oxygen atoms in total. The lowest BCUT2D eigenvalue weighted by Crippen LogP contribution is -2.55. The molecule has 1 unspecified atom stereocenters. The fourth-order valence-electron chi connectivity index (χ4n) is 7.02. The molecule has 13 heteroatoms. The van der Waals surface area contributed by atoms with Crippen molar-refractivity contribution in [3.05, 3.63) is 46.2 Å². The van der Waals surface area contributed by atoms with Gasteiger partial charge in [-0.05, 0) is 57.0 Å². The number of aromatic nitrogens is 1. The summed E-state index contributed by atoms with van der Waals surface area (Å²) in [5.41, 5.74) is 0.701. The van der Waals surface area contributed by atoms with Gasteiger partial charge < -0.3 is 19.9 Å². The third kappa shape index (κ3) is 7.05. The molecule has 3 fully saturated rings. The van der Waals surface area contributed by atoms with Crippen molar-refractivity contribution in [2.75, 3.05) is 52.6 Å². The van der Waals surface area contributed by atoms with E-state index in [1.807, 2.05) is 38.1 Å². The number of carbonyl (C=O) groups is 2. The van der Waals surface area contributed by atoms with Crippen LogP contribution in [0, 0.1) is 0 Å². The van der Waals surface area contributed by atoms with Gasteiger partial charge in [0.05, 0.1) is 11.8 Å². The number of rotatable bonds is 9. The maximum atomic E-state index is 13.5. The molecule has 1 aromatic carbocycles. The highest BCUT2D eigenvalue weighted by Gasteiger charge is 2.43. The van der Waals surface area contributed by atoms with E-state index in [0.29, 0.717) is 39.3 Å². The predicted octanol–water partition coefficient (Wildman–Crippen LogP) is 1.61. The topological polar surface area (TPSA) is 133 Å². The van der Waals surface area contributed by atoms with Crippen molar-refractivity contribution in [3.63, 3.8) is 0 Å². The summed E-state index contributed by atoms with van der Waals surface area (Å²) in [6.45, 7) is 6.97. The van der Waals surface area contributed by atoms with Gasteiger partial charge in [0.15, 0.2) is 0 Å². The Morgan fingerprint density at radius 3 is 2.28 bits per heavy atom. The smallest absolute Gasteiger partial charge is 0.407 e. The number of carbonyl (C=O) groups excluding carboxylic acids is 2. The van der Waals surface area contributed by atoms with Crippen LogP contribution in [0.3, 0.4) is 0 Å². The molecule has 2 N–H and O–H groups in total. The normalized spacial score (nSPS) is 24.3. The lowest BCUT2D eigenvalue weighted by molar-refractivity contribution is 0.0142. The molecule has 0 spiro atoms. The standard InChI is InChI=1S/C30H44N6O6S/c1-20(2)36-27-8-6-5-7-21(27)15-26(29(36)38)28(37)32-22-16-23-9-10-24(17-22)35(23)19-25(42-30(39)31-3)18-33-11-13-34(14-12-33)43(4,40)41/h5-8,15,20,22-25H,9-14,16-19H2,1-4H3,(H,31,39)(H,32,37)/t22?,23-,24+,25-/m1/s1. The fraction of sp³-hybridized carbons (Fsp3) is 0.633. The number of alkyl carbamates (subject to hydrolysis) is 1. The number of fused-ring (bicyclic) bond motifs is 3. The summed E-state index contributed by atoms with van der Waals surface area (Å²) < 4.78 is 32.8. The van der Waals surface area contributed by atoms with Crippen molar-refractivity contribution in [1.29, 1.82) is 0 Å². The Kier molecular flexibility index (Phi) is 9.45. The number of pyridine rings is 1. The van der Waals surface area contributed by atoms with Crippen LogP contribution in [0.4, 0.5) is 4.79 Å². The van der Waals surface area contributed by atoms with Crippen LogP contribution >= 0.6 is 0 Å². The Morgan fingerprint density at radius 1 is 1.02 bits per heavy atom. The molecule has 3 aliphatic rings. The van der Waals surface area contributed by atoms with Crippen LogP contribution in [-0.2, 0) is 14.8 Å². The first-order valence-corrected chi connectivity index (χ1v) is 17.1. The second-order valence-corrected chi connectivity index (χ2v) is 14.3. The predicted molar refractivity (Wildman–Crippen MR) is 165 cm³/mol. The summed E-state index contributed by atoms with van der Waals surface area (Å²) in [4.78, 5) is 43.6. The Labute approximate surface area is 253 Å². The quantitative estimate of drug-likeness (QED) is 0.434. The van der Waals surface area contributed by atoms with E-state index in [4.69, 9.17) is 4.74 Å². The Bertz CT molecular complexity index is 1490. The van der Waals surface area contributed by atoms with Crippen molar-refractivity contribution in [2.45, 2.75) is 69.8 Å². The van der Waals surface area contributed by atoms with E-state index in [1.165, 1.54) is 17.6 Å². The van der Waals surface area contributed by atoms with Gasteiger partial charge in [0, 0.05) is 70.5 Å². The van der Waals surface area contributed by atoms with Crippen molar-refractivity contribution in [2.24, 2.45) is 0 Å². The van der Waals surface area contributed by atoms with Gasteiger partial charge in [-0.1, -0.05) is 18.2 Å². The minimum atomic E-state index is -3.23. The highest BCUT2D eigenvalue weighted by atomic mass is 32.2. The Morgan fingerprint density at radius 2 is 1.67 bits per heavy atom. The zero-order valence-corrected chi connectivity index (χ0v) is 26.3. The zero-order valence-electron chi connectivity index (χ0n) is 25.5. The van der Waals surface area contributed by atoms with E-state index in [9.17, 15) is 22.8 Å². The molecule has 0 saturated carbocycles. The van der Waals surface area contributed by atoms with Crippen molar-refractivity contribution < 1.29 is 22.7 Å². The number of nitrogens with zero attached hydrogens (tertiary/aromatic N) is 4. The lowest BCUT2D eigenvalue weighted by atomic mass is 9.96. The number of nitrogens with one attached hydrogen (secondary N) is 2. The molecule has 0 aliphatic carbocycles. The van der Waals surface area contributed by atoms with Gasteiger partial charge in [-0.2, -0.15) is 4.31 Å². The van der Waals surface area contributed by atoms with Gasteiger partial charge in [0.1, 0.15) is 11.7 Å². The average molecular weight is 617 g/mol. The van der Waals surface area contributed by atoms with Crippen LogP contribution in [-0.4, -0.2) is 116 Å². The van der Waals surface area contributed by atoms with Crippen LogP contribution in [0.5, 0.6) is 0 Å². The molecule has 2 amide bonds. The van der Waals surface area contributed by atoms with E-state index in [2.05, 4.69) is 20.4 Å². The summed E-state index contributed by atoms with van der Waals surface area (Å²) in [7, 11) is -1.69. The van der Waals surface area contributed by atoms with Crippen molar-refractivity contribution in [3.8, 4) is 0 Å². The van der Waals surface area contributed by atoms with Crippen molar-refractivity contribution in [1.82, 2.24) is 29.3 Å². The molecule has 5 rings (SSSR count). The molecule has 2 aromatic rings. The summed E-state index contributed by atoms with van der Waals surface area (Å²) in [5, 5.41) is 6.57. The highest BCUT2D eigenvalue weighted by Crippen LogP contribution is 2.36. The van der Waals surface area contributed by atoms with Crippen LogP contribution in [0.1, 0.15) is 55.9 Å². The number of ether oxygens (including phenoxy) is 1. The molecular weight excluding hydrogens is 572 g/mol. The number of amides is 2. The first-order chi connectivity index (χ1) is 20.4. The monoisotopic (exact) mass is 616 g/mol. The van der Waals surface area contributed by atoms with Gasteiger partial charge in [0.25, 0.3) is 11.5 Å². The van der Waals surface area contributed by atoms with Crippen LogP contribution in [0.25, 0.3) is 10.9 Å². The van der Waals surface area contributed by atoms with Gasteiger partial charge in [-0.25, -0.2) is 13.2 Å². The first-order valence-electron chi connectivity index (χ1n) is 15.2. The summed E-state index contributed by atoms with van der Waals surface area (Å²) in [5.74, 6) is -0.336. The second-order valence-electron chi connectivity index (χ2n) is 12.3. The molecule has 43 heavy (non-hydrogen) atoms. The van der Waals surface area contributed by atoms with E-state index in [1.54, 1.807) is 10.6 Å². The van der Waals surface area contributed by atoms with Crippen LogP contribution < -0.4 is 16.2 Å². The van der Waals surface area contributed by atoms with Crippen LogP contribution in [0.2, 0.25) is 0 Å². The largest absolute Gasteiger partial charge is 0.444 e. The molecule has 3 saturated heterocycles. The van der Waals surface area contributed by atoms with Crippen LogP contribution in [0.15, 0.2) is 35.1 Å². The molecule has 236 valence electrons. The molecule has 1 aromatic heterocycles. The van der Waals surface area contributed by atoms with E-state index in [0.717, 1.165) is 36.6 Å². The summed E-state index contributed by atoms with van der Waals surface area (Å²) in [6, 6.07) is 9.65. The number of piperidine rings is 1. The molecular formula is C30H44N6O6S. The molecule has 2 bridgehead atoms. The van der Waals surface area contributed by atoms with Gasteiger partial charge >= 0.3 is 6.09 Å². The highest BCUT2D eigenvalue weighted by molar-refractivity contribution is 7.88. The van der Waals surface area contributed by atoms with Gasteiger partial charge in [-0.3, -0.25) is 19.4 Å². The SMILES string of the molecule is CNC(=O)O[C@H](CN1CCN(S(C)(=O)=O)CC1)CN1[C@@H]2CC[C@H]1CC(NC(=O)c1cc3ccccc3n(C(C)C)c1=O)C2. The lowest BCUT2D eigenvalue weighted by Gasteiger charge is -2.41. The minimum absolute atomic E-state index is 0.0537. The Hall–Kier alpha value is -3.00.